The predicted molar refractivity (Wildman–Crippen MR) is 101 cm³/mol. The first-order valence-electron chi connectivity index (χ1n) is 9.32. The fraction of sp³-hybridized carbons (Fsp3) is 0.600. The summed E-state index contributed by atoms with van der Waals surface area (Å²) in [7, 11) is 1.64. The van der Waals surface area contributed by atoms with Crippen LogP contribution in [0, 0.1) is 0 Å². The quantitative estimate of drug-likeness (QED) is 0.540. The maximum atomic E-state index is 13.1. The number of benzene rings is 1. The topological polar surface area (TPSA) is 67.9 Å². The molecule has 6 nitrogen and oxygen atoms in total. The van der Waals surface area contributed by atoms with Crippen molar-refractivity contribution in [3.05, 3.63) is 29.3 Å². The van der Waals surface area contributed by atoms with Crippen LogP contribution in [0.25, 0.3) is 0 Å². The summed E-state index contributed by atoms with van der Waals surface area (Å²) in [5, 5.41) is 3.37. The second-order valence-electron chi connectivity index (χ2n) is 6.87. The third kappa shape index (κ3) is 5.29. The van der Waals surface area contributed by atoms with Gasteiger partial charge in [-0.2, -0.15) is 0 Å². The molecule has 1 saturated heterocycles. The van der Waals surface area contributed by atoms with Crippen LogP contribution >= 0.6 is 0 Å². The molecule has 0 spiro atoms. The minimum absolute atomic E-state index is 0.0205. The number of nitrogens with zero attached hydrogens (tertiary/aromatic N) is 1. The number of carbonyl (C=O) groups is 2. The molecular formula is C20H30N2O4. The molecule has 1 aromatic carbocycles. The third-order valence-corrected chi connectivity index (χ3v) is 4.59. The Morgan fingerprint density at radius 3 is 2.81 bits per heavy atom. The molecule has 1 heterocycles. The Balaban J connectivity index is 2.18. The molecule has 1 aromatic rings. The molecule has 0 aromatic heterocycles. The van der Waals surface area contributed by atoms with Crippen molar-refractivity contribution in [1.82, 2.24) is 10.2 Å². The Hall–Kier alpha value is -1.92. The van der Waals surface area contributed by atoms with Gasteiger partial charge in [0.2, 0.25) is 0 Å². The predicted octanol–water partition coefficient (Wildman–Crippen LogP) is 2.52. The average molecular weight is 362 g/mol. The van der Waals surface area contributed by atoms with Gasteiger partial charge in [0.25, 0.3) is 5.91 Å². The van der Waals surface area contributed by atoms with Crippen LogP contribution in [0.4, 0.5) is 0 Å². The van der Waals surface area contributed by atoms with Crippen molar-refractivity contribution in [2.24, 2.45) is 0 Å². The zero-order valence-corrected chi connectivity index (χ0v) is 16.0. The average Bonchev–Trinajstić information content (AvgIpc) is 2.65. The van der Waals surface area contributed by atoms with E-state index in [-0.39, 0.29) is 18.0 Å². The normalized spacial score (nSPS) is 17.2. The molecule has 0 saturated carbocycles. The summed E-state index contributed by atoms with van der Waals surface area (Å²) >= 11 is 0. The van der Waals surface area contributed by atoms with E-state index in [4.69, 9.17) is 9.47 Å². The molecule has 1 atom stereocenters. The molecule has 0 unspecified atom stereocenters. The first kappa shape index (κ1) is 20.4. The smallest absolute Gasteiger partial charge is 0.254 e. The lowest BCUT2D eigenvalue weighted by Crippen LogP contribution is -2.51. The van der Waals surface area contributed by atoms with Crippen molar-refractivity contribution in [1.29, 1.82) is 0 Å². The van der Waals surface area contributed by atoms with Crippen LogP contribution in [0.2, 0.25) is 0 Å². The molecule has 1 amide bonds. The Labute approximate surface area is 155 Å². The highest BCUT2D eigenvalue weighted by Gasteiger charge is 2.28. The Bertz CT molecular complexity index is 597. The lowest BCUT2D eigenvalue weighted by atomic mass is 10.0. The molecule has 1 aliphatic heterocycles. The fourth-order valence-corrected chi connectivity index (χ4v) is 3.32. The Morgan fingerprint density at radius 2 is 2.19 bits per heavy atom. The van der Waals surface area contributed by atoms with Crippen LogP contribution in [0.5, 0.6) is 5.75 Å². The summed E-state index contributed by atoms with van der Waals surface area (Å²) in [6.45, 7) is 6.92. The molecule has 0 aliphatic carbocycles. The maximum absolute atomic E-state index is 13.1. The van der Waals surface area contributed by atoms with Gasteiger partial charge in [0.1, 0.15) is 5.75 Å². The number of piperidine rings is 1. The lowest BCUT2D eigenvalue weighted by Gasteiger charge is -2.37. The van der Waals surface area contributed by atoms with Crippen molar-refractivity contribution < 1.29 is 19.1 Å². The first-order chi connectivity index (χ1) is 12.6. The molecular weight excluding hydrogens is 332 g/mol. The number of hydrogen-bond donors (Lipinski definition) is 1. The second-order valence-corrected chi connectivity index (χ2v) is 6.87. The van der Waals surface area contributed by atoms with Crippen LogP contribution in [0.3, 0.4) is 0 Å². The first-order valence-corrected chi connectivity index (χ1v) is 9.32. The number of aldehydes is 1. The summed E-state index contributed by atoms with van der Waals surface area (Å²) in [6.07, 6.45) is 3.55. The molecule has 0 bridgehead atoms. The van der Waals surface area contributed by atoms with Crippen LogP contribution in [-0.4, -0.2) is 62.6 Å². The summed E-state index contributed by atoms with van der Waals surface area (Å²) in [5.74, 6) is 0.431. The molecule has 2 rings (SSSR count). The van der Waals surface area contributed by atoms with Gasteiger partial charge in [0.05, 0.1) is 12.2 Å². The number of hydrogen-bond acceptors (Lipinski definition) is 5. The number of carbonyl (C=O) groups excluding carboxylic acids is 2. The monoisotopic (exact) mass is 362 g/mol. The highest BCUT2D eigenvalue weighted by molar-refractivity contribution is 5.96. The van der Waals surface area contributed by atoms with E-state index in [2.05, 4.69) is 5.32 Å². The Morgan fingerprint density at radius 1 is 1.38 bits per heavy atom. The van der Waals surface area contributed by atoms with E-state index in [1.54, 1.807) is 25.3 Å². The van der Waals surface area contributed by atoms with Gasteiger partial charge in [-0.05, 0) is 51.4 Å². The molecule has 144 valence electrons. The lowest BCUT2D eigenvalue weighted by molar-refractivity contribution is 0.0572. The van der Waals surface area contributed by atoms with E-state index in [9.17, 15) is 9.59 Å². The highest BCUT2D eigenvalue weighted by atomic mass is 16.5. The minimum Gasteiger partial charge on any atom is -0.493 e. The molecule has 1 N–H and O–H groups in total. The SMILES string of the molecule is COCCCOc1cc(C(=O)N(C(C)C)[C@@H]2CCCNC2)ccc1C=O. The van der Waals surface area contributed by atoms with Crippen LogP contribution in [0.15, 0.2) is 18.2 Å². The van der Waals surface area contributed by atoms with Gasteiger partial charge in [-0.3, -0.25) is 9.59 Å². The van der Waals surface area contributed by atoms with E-state index in [0.717, 1.165) is 38.6 Å². The van der Waals surface area contributed by atoms with E-state index < -0.39 is 0 Å². The van der Waals surface area contributed by atoms with Gasteiger partial charge in [-0.15, -0.1) is 0 Å². The summed E-state index contributed by atoms with van der Waals surface area (Å²) < 4.78 is 10.7. The van der Waals surface area contributed by atoms with E-state index in [1.165, 1.54) is 0 Å². The largest absolute Gasteiger partial charge is 0.493 e. The second kappa shape index (κ2) is 10.3. The third-order valence-electron chi connectivity index (χ3n) is 4.59. The van der Waals surface area contributed by atoms with Gasteiger partial charge in [-0.25, -0.2) is 0 Å². The van der Waals surface area contributed by atoms with E-state index >= 15 is 0 Å². The van der Waals surface area contributed by atoms with Crippen molar-refractivity contribution in [3.63, 3.8) is 0 Å². The van der Waals surface area contributed by atoms with Crippen LogP contribution < -0.4 is 10.1 Å². The van der Waals surface area contributed by atoms with Crippen LogP contribution in [0.1, 0.15) is 53.8 Å². The number of rotatable bonds is 9. The van der Waals surface area contributed by atoms with Gasteiger partial charge < -0.3 is 19.7 Å². The molecule has 1 fully saturated rings. The molecule has 26 heavy (non-hydrogen) atoms. The molecule has 6 heteroatoms. The number of amides is 1. The minimum atomic E-state index is -0.0205. The summed E-state index contributed by atoms with van der Waals surface area (Å²) in [6, 6.07) is 5.34. The number of methoxy groups -OCH3 is 1. The number of nitrogens with one attached hydrogen (secondary N) is 1. The van der Waals surface area contributed by atoms with E-state index in [1.807, 2.05) is 18.7 Å². The maximum Gasteiger partial charge on any atom is 0.254 e. The van der Waals surface area contributed by atoms with Gasteiger partial charge in [-0.1, -0.05) is 0 Å². The zero-order valence-electron chi connectivity index (χ0n) is 16.0. The van der Waals surface area contributed by atoms with Crippen LogP contribution in [-0.2, 0) is 4.74 Å². The standard InChI is InChI=1S/C20H30N2O4/c1-15(2)22(18-6-4-9-21-13-18)20(24)16-7-8-17(14-23)19(12-16)26-11-5-10-25-3/h7-8,12,14-15,18,21H,4-6,9-11,13H2,1-3H3/t18-/m1/s1. The Kier molecular flexibility index (Phi) is 8.06. The molecule has 0 radical (unpaired) electrons. The summed E-state index contributed by atoms with van der Waals surface area (Å²) in [5.41, 5.74) is 1.01. The van der Waals surface area contributed by atoms with Gasteiger partial charge >= 0.3 is 0 Å². The summed E-state index contributed by atoms with van der Waals surface area (Å²) in [4.78, 5) is 26.4. The zero-order chi connectivity index (χ0) is 18.9. The van der Waals surface area contributed by atoms with Gasteiger partial charge in [0.15, 0.2) is 6.29 Å². The number of ether oxygens (including phenoxy) is 2. The van der Waals surface area contributed by atoms with Gasteiger partial charge in [0, 0.05) is 44.3 Å². The fourth-order valence-electron chi connectivity index (χ4n) is 3.32. The van der Waals surface area contributed by atoms with Crippen molar-refractivity contribution in [2.45, 2.75) is 45.2 Å². The highest BCUT2D eigenvalue weighted by Crippen LogP contribution is 2.23. The van der Waals surface area contributed by atoms with Crippen molar-refractivity contribution in [2.75, 3.05) is 33.4 Å². The molecule has 1 aliphatic rings. The van der Waals surface area contributed by atoms with E-state index in [0.29, 0.717) is 30.1 Å². The van der Waals surface area contributed by atoms with Crippen molar-refractivity contribution in [3.8, 4) is 5.75 Å². The van der Waals surface area contributed by atoms with Crippen molar-refractivity contribution >= 4 is 12.2 Å².